The van der Waals surface area contributed by atoms with E-state index < -0.39 is 22.0 Å². The monoisotopic (exact) mass is 501 g/mol. The fraction of sp³-hybridized carbons (Fsp3) is 0.481. The number of nitrogens with one attached hydrogen (secondary N) is 1. The summed E-state index contributed by atoms with van der Waals surface area (Å²) in [6.07, 6.45) is 1.50. The molecule has 1 N–H and O–H groups in total. The molecule has 2 aromatic carbocycles. The normalized spacial score (nSPS) is 12.3. The second-order valence-corrected chi connectivity index (χ2v) is 11.5. The topological polar surface area (TPSA) is 86.8 Å². The van der Waals surface area contributed by atoms with Gasteiger partial charge in [-0.05, 0) is 50.3 Å². The highest BCUT2D eigenvalue weighted by atomic mass is 32.2. The molecule has 0 bridgehead atoms. The standard InChI is InChI=1S/C27H39N3O4S/c1-8-24(27(32)28-16-19(2)3)29(17-23-12-9-20(4)10-13-23)26(31)18-30(35(7,33)34)25-14-11-21(5)15-22(25)6/h9-15,19,24H,8,16-18H2,1-7H3,(H,28,32). The highest BCUT2D eigenvalue weighted by Gasteiger charge is 2.32. The predicted octanol–water partition coefficient (Wildman–Crippen LogP) is 3.96. The van der Waals surface area contributed by atoms with Crippen molar-refractivity contribution in [1.29, 1.82) is 0 Å². The van der Waals surface area contributed by atoms with Gasteiger partial charge < -0.3 is 10.2 Å². The molecule has 0 radical (unpaired) electrons. The maximum absolute atomic E-state index is 13.7. The second kappa shape index (κ2) is 12.2. The van der Waals surface area contributed by atoms with Crippen molar-refractivity contribution in [2.45, 2.75) is 60.5 Å². The minimum atomic E-state index is -3.75. The smallest absolute Gasteiger partial charge is 0.244 e. The van der Waals surface area contributed by atoms with Crippen LogP contribution >= 0.6 is 0 Å². The van der Waals surface area contributed by atoms with E-state index in [0.29, 0.717) is 18.7 Å². The molecular formula is C27H39N3O4S. The fourth-order valence-corrected chi connectivity index (χ4v) is 4.82. The van der Waals surface area contributed by atoms with Gasteiger partial charge in [-0.25, -0.2) is 8.42 Å². The number of hydrogen-bond donors (Lipinski definition) is 1. The number of benzene rings is 2. The van der Waals surface area contributed by atoms with Gasteiger partial charge in [-0.2, -0.15) is 0 Å². The van der Waals surface area contributed by atoms with Crippen LogP contribution in [0.4, 0.5) is 5.69 Å². The molecule has 0 heterocycles. The summed E-state index contributed by atoms with van der Waals surface area (Å²) in [5.41, 5.74) is 4.18. The Bertz CT molecular complexity index is 1130. The average molecular weight is 502 g/mol. The zero-order valence-electron chi connectivity index (χ0n) is 22.0. The Morgan fingerprint density at radius 2 is 1.57 bits per heavy atom. The van der Waals surface area contributed by atoms with Gasteiger partial charge in [0.05, 0.1) is 11.9 Å². The van der Waals surface area contributed by atoms with Gasteiger partial charge in [-0.1, -0.05) is 68.3 Å². The lowest BCUT2D eigenvalue weighted by Crippen LogP contribution is -2.52. The zero-order valence-corrected chi connectivity index (χ0v) is 22.8. The van der Waals surface area contributed by atoms with Gasteiger partial charge in [0.25, 0.3) is 0 Å². The molecule has 192 valence electrons. The van der Waals surface area contributed by atoms with Crippen molar-refractivity contribution in [3.05, 3.63) is 64.7 Å². The minimum absolute atomic E-state index is 0.206. The molecule has 2 aromatic rings. The third-order valence-corrected chi connectivity index (χ3v) is 6.97. The Kier molecular flexibility index (Phi) is 9.89. The molecule has 1 unspecified atom stereocenters. The van der Waals surface area contributed by atoms with Crippen molar-refractivity contribution in [2.24, 2.45) is 5.92 Å². The van der Waals surface area contributed by atoms with Gasteiger partial charge >= 0.3 is 0 Å². The number of rotatable bonds is 11. The van der Waals surface area contributed by atoms with Crippen molar-refractivity contribution < 1.29 is 18.0 Å². The van der Waals surface area contributed by atoms with Crippen LogP contribution in [0, 0.1) is 26.7 Å². The molecule has 0 saturated heterocycles. The van der Waals surface area contributed by atoms with E-state index in [1.165, 1.54) is 4.90 Å². The first kappa shape index (κ1) is 28.4. The molecule has 8 heteroatoms. The van der Waals surface area contributed by atoms with Crippen molar-refractivity contribution in [3.63, 3.8) is 0 Å². The number of sulfonamides is 1. The molecule has 0 saturated carbocycles. The summed E-state index contributed by atoms with van der Waals surface area (Å²) in [5, 5.41) is 2.93. The summed E-state index contributed by atoms with van der Waals surface area (Å²) in [6.45, 7) is 11.9. The lowest BCUT2D eigenvalue weighted by molar-refractivity contribution is -0.140. The van der Waals surface area contributed by atoms with Crippen LogP contribution in [0.1, 0.15) is 49.4 Å². The van der Waals surface area contributed by atoms with Gasteiger partial charge in [0.1, 0.15) is 12.6 Å². The lowest BCUT2D eigenvalue weighted by atomic mass is 10.1. The quantitative estimate of drug-likeness (QED) is 0.505. The van der Waals surface area contributed by atoms with Gasteiger partial charge in [-0.3, -0.25) is 13.9 Å². The van der Waals surface area contributed by atoms with Crippen molar-refractivity contribution >= 4 is 27.5 Å². The zero-order chi connectivity index (χ0) is 26.3. The summed E-state index contributed by atoms with van der Waals surface area (Å²) in [7, 11) is -3.75. The van der Waals surface area contributed by atoms with Crippen LogP contribution in [-0.4, -0.2) is 50.5 Å². The van der Waals surface area contributed by atoms with E-state index in [1.54, 1.807) is 6.07 Å². The first-order valence-electron chi connectivity index (χ1n) is 12.0. The molecule has 2 amide bonds. The Balaban J connectivity index is 2.44. The van der Waals surface area contributed by atoms with E-state index in [4.69, 9.17) is 0 Å². The van der Waals surface area contributed by atoms with E-state index >= 15 is 0 Å². The Morgan fingerprint density at radius 3 is 2.09 bits per heavy atom. The molecule has 0 fully saturated rings. The van der Waals surface area contributed by atoms with Gasteiger partial charge in [0, 0.05) is 13.1 Å². The lowest BCUT2D eigenvalue weighted by Gasteiger charge is -2.33. The molecule has 1 atom stereocenters. The number of amides is 2. The molecule has 0 spiro atoms. The largest absolute Gasteiger partial charge is 0.354 e. The Labute approximate surface area is 210 Å². The van der Waals surface area contributed by atoms with Crippen LogP contribution in [0.25, 0.3) is 0 Å². The number of carbonyl (C=O) groups is 2. The van der Waals surface area contributed by atoms with Gasteiger partial charge in [0.2, 0.25) is 21.8 Å². The first-order chi connectivity index (χ1) is 16.3. The van der Waals surface area contributed by atoms with Crippen LogP contribution in [0.2, 0.25) is 0 Å². The van der Waals surface area contributed by atoms with Crippen LogP contribution < -0.4 is 9.62 Å². The number of carbonyl (C=O) groups excluding carboxylic acids is 2. The predicted molar refractivity (Wildman–Crippen MR) is 142 cm³/mol. The third-order valence-electron chi connectivity index (χ3n) is 5.84. The summed E-state index contributed by atoms with van der Waals surface area (Å²) >= 11 is 0. The van der Waals surface area contributed by atoms with E-state index in [-0.39, 0.29) is 24.9 Å². The summed E-state index contributed by atoms with van der Waals surface area (Å²) in [5.74, 6) is -0.399. The molecule has 0 aliphatic rings. The Morgan fingerprint density at radius 1 is 0.971 bits per heavy atom. The SMILES string of the molecule is CCC(C(=O)NCC(C)C)N(Cc1ccc(C)cc1)C(=O)CN(c1ccc(C)cc1C)S(C)(=O)=O. The average Bonchev–Trinajstić information content (AvgIpc) is 2.76. The van der Waals surface area contributed by atoms with Crippen molar-refractivity contribution in [3.8, 4) is 0 Å². The molecular weight excluding hydrogens is 462 g/mol. The molecule has 0 aliphatic heterocycles. The van der Waals surface area contributed by atoms with Crippen LogP contribution in [0.3, 0.4) is 0 Å². The molecule has 0 aliphatic carbocycles. The van der Waals surface area contributed by atoms with Crippen LogP contribution in [0.5, 0.6) is 0 Å². The van der Waals surface area contributed by atoms with Gasteiger partial charge in [-0.15, -0.1) is 0 Å². The number of nitrogens with zero attached hydrogens (tertiary/aromatic N) is 2. The maximum Gasteiger partial charge on any atom is 0.244 e. The first-order valence-corrected chi connectivity index (χ1v) is 13.9. The molecule has 2 rings (SSSR count). The number of hydrogen-bond acceptors (Lipinski definition) is 4. The fourth-order valence-electron chi connectivity index (χ4n) is 3.91. The third kappa shape index (κ3) is 8.09. The van der Waals surface area contributed by atoms with Crippen molar-refractivity contribution in [1.82, 2.24) is 10.2 Å². The Hall–Kier alpha value is -2.87. The van der Waals surface area contributed by atoms with E-state index in [2.05, 4.69) is 5.32 Å². The van der Waals surface area contributed by atoms with Crippen LogP contribution in [-0.2, 0) is 26.2 Å². The van der Waals surface area contributed by atoms with E-state index in [1.807, 2.05) is 77.9 Å². The molecule has 35 heavy (non-hydrogen) atoms. The highest BCUT2D eigenvalue weighted by molar-refractivity contribution is 7.92. The van der Waals surface area contributed by atoms with E-state index in [0.717, 1.165) is 32.8 Å². The van der Waals surface area contributed by atoms with Crippen molar-refractivity contribution in [2.75, 3.05) is 23.7 Å². The minimum Gasteiger partial charge on any atom is -0.354 e. The summed E-state index contributed by atoms with van der Waals surface area (Å²) < 4.78 is 26.6. The highest BCUT2D eigenvalue weighted by Crippen LogP contribution is 2.24. The second-order valence-electron chi connectivity index (χ2n) is 9.63. The molecule has 7 nitrogen and oxygen atoms in total. The summed E-state index contributed by atoms with van der Waals surface area (Å²) in [4.78, 5) is 28.3. The maximum atomic E-state index is 13.7. The number of aryl methyl sites for hydroxylation is 3. The molecule has 0 aromatic heterocycles. The summed E-state index contributed by atoms with van der Waals surface area (Å²) in [6, 6.07) is 12.5. The van der Waals surface area contributed by atoms with E-state index in [9.17, 15) is 18.0 Å². The van der Waals surface area contributed by atoms with Gasteiger partial charge in [0.15, 0.2) is 0 Å². The number of anilines is 1. The van der Waals surface area contributed by atoms with Crippen LogP contribution in [0.15, 0.2) is 42.5 Å².